The summed E-state index contributed by atoms with van der Waals surface area (Å²) in [4.78, 5) is 5.39. The summed E-state index contributed by atoms with van der Waals surface area (Å²) in [6.07, 6.45) is -3.79. The third-order valence-electron chi connectivity index (χ3n) is 3.13. The van der Waals surface area contributed by atoms with Gasteiger partial charge in [0.15, 0.2) is 5.96 Å². The lowest BCUT2D eigenvalue weighted by Crippen LogP contribution is -2.43. The van der Waals surface area contributed by atoms with Gasteiger partial charge in [-0.1, -0.05) is 19.9 Å². The average molecular weight is 351 g/mol. The number of thiophene rings is 1. The van der Waals surface area contributed by atoms with Crippen molar-refractivity contribution in [2.75, 3.05) is 33.4 Å². The van der Waals surface area contributed by atoms with Crippen LogP contribution < -0.4 is 10.6 Å². The van der Waals surface area contributed by atoms with Gasteiger partial charge in [-0.05, 0) is 17.9 Å². The molecule has 1 aromatic heterocycles. The zero-order valence-electron chi connectivity index (χ0n) is 13.7. The zero-order chi connectivity index (χ0) is 17.3. The Labute approximate surface area is 139 Å². The number of hydrogen-bond acceptors (Lipinski definition) is 3. The van der Waals surface area contributed by atoms with Crippen LogP contribution in [0.25, 0.3) is 0 Å². The first-order chi connectivity index (χ1) is 10.7. The minimum Gasteiger partial charge on any atom is -0.372 e. The molecule has 0 amide bonds. The number of halogens is 3. The van der Waals surface area contributed by atoms with Crippen LogP contribution in [0.15, 0.2) is 22.5 Å². The number of alkyl halides is 3. The van der Waals surface area contributed by atoms with E-state index < -0.39 is 12.8 Å². The predicted molar refractivity (Wildman–Crippen MR) is 88.2 cm³/mol. The standard InChI is InChI=1S/C15H24F3N3OS/c1-14(2,12-6-4-9-23-12)10-21-13(19-3)20-7-5-8-22-11-15(16,17)18/h4,6,9H,5,7-8,10-11H2,1-3H3,(H2,19,20,21). The molecular formula is C15H24F3N3OS. The molecule has 0 saturated heterocycles. The molecule has 0 aliphatic carbocycles. The van der Waals surface area contributed by atoms with Gasteiger partial charge >= 0.3 is 6.18 Å². The van der Waals surface area contributed by atoms with Crippen molar-refractivity contribution in [3.05, 3.63) is 22.4 Å². The first-order valence-electron chi connectivity index (χ1n) is 7.37. The molecule has 0 aliphatic heterocycles. The Morgan fingerprint density at radius 1 is 1.30 bits per heavy atom. The maximum atomic E-state index is 11.9. The van der Waals surface area contributed by atoms with E-state index in [0.29, 0.717) is 25.5 Å². The normalized spacial score (nSPS) is 13.2. The molecule has 0 radical (unpaired) electrons. The molecule has 0 saturated carbocycles. The summed E-state index contributed by atoms with van der Waals surface area (Å²) in [5.74, 6) is 0.630. The van der Waals surface area contributed by atoms with Crippen molar-refractivity contribution in [2.24, 2.45) is 4.99 Å². The van der Waals surface area contributed by atoms with E-state index >= 15 is 0 Å². The fourth-order valence-corrected chi connectivity index (χ4v) is 2.70. The number of rotatable bonds is 8. The second-order valence-corrected chi connectivity index (χ2v) is 6.68. The molecule has 2 N–H and O–H groups in total. The number of nitrogens with one attached hydrogen (secondary N) is 2. The number of hydrogen-bond donors (Lipinski definition) is 2. The van der Waals surface area contributed by atoms with Crippen molar-refractivity contribution in [1.29, 1.82) is 0 Å². The first-order valence-corrected chi connectivity index (χ1v) is 8.25. The second-order valence-electron chi connectivity index (χ2n) is 5.74. The summed E-state index contributed by atoms with van der Waals surface area (Å²) in [7, 11) is 1.66. The minimum atomic E-state index is -4.27. The van der Waals surface area contributed by atoms with Gasteiger partial charge in [0.25, 0.3) is 0 Å². The van der Waals surface area contributed by atoms with E-state index in [9.17, 15) is 13.2 Å². The summed E-state index contributed by atoms with van der Waals surface area (Å²) in [5.41, 5.74) is -0.0262. The van der Waals surface area contributed by atoms with Crippen LogP contribution in [0.5, 0.6) is 0 Å². The highest BCUT2D eigenvalue weighted by Crippen LogP contribution is 2.26. The molecule has 0 bridgehead atoms. The molecule has 132 valence electrons. The Kier molecular flexibility index (Phi) is 7.84. The van der Waals surface area contributed by atoms with Gasteiger partial charge in [0, 0.05) is 37.0 Å². The Balaban J connectivity index is 2.23. The SMILES string of the molecule is CN=C(NCCCOCC(F)(F)F)NCC(C)(C)c1cccs1. The van der Waals surface area contributed by atoms with Crippen molar-refractivity contribution in [2.45, 2.75) is 31.9 Å². The largest absolute Gasteiger partial charge is 0.411 e. The molecule has 8 heteroatoms. The lowest BCUT2D eigenvalue weighted by Gasteiger charge is -2.25. The van der Waals surface area contributed by atoms with Gasteiger partial charge in [-0.2, -0.15) is 13.2 Å². The van der Waals surface area contributed by atoms with Crippen LogP contribution in [0.1, 0.15) is 25.1 Å². The van der Waals surface area contributed by atoms with Gasteiger partial charge in [-0.3, -0.25) is 4.99 Å². The predicted octanol–water partition coefficient (Wildman–Crippen LogP) is 3.16. The fraction of sp³-hybridized carbons (Fsp3) is 0.667. The highest BCUT2D eigenvalue weighted by Gasteiger charge is 2.27. The first kappa shape index (κ1) is 19.8. The Hall–Kier alpha value is -1.28. The van der Waals surface area contributed by atoms with Crippen LogP contribution in [0.3, 0.4) is 0 Å². The molecule has 23 heavy (non-hydrogen) atoms. The summed E-state index contributed by atoms with van der Waals surface area (Å²) >= 11 is 1.71. The van der Waals surface area contributed by atoms with E-state index in [-0.39, 0.29) is 12.0 Å². The van der Waals surface area contributed by atoms with Crippen molar-refractivity contribution in [3.8, 4) is 0 Å². The topological polar surface area (TPSA) is 45.7 Å². The fourth-order valence-electron chi connectivity index (χ4n) is 1.85. The van der Waals surface area contributed by atoms with Crippen molar-refractivity contribution >= 4 is 17.3 Å². The molecule has 0 spiro atoms. The van der Waals surface area contributed by atoms with E-state index in [0.717, 1.165) is 0 Å². The number of nitrogens with zero attached hydrogens (tertiary/aromatic N) is 1. The maximum absolute atomic E-state index is 11.9. The van der Waals surface area contributed by atoms with Crippen LogP contribution in [-0.4, -0.2) is 45.5 Å². The maximum Gasteiger partial charge on any atom is 0.411 e. The third-order valence-corrected chi connectivity index (χ3v) is 4.37. The number of guanidine groups is 1. The Morgan fingerprint density at radius 3 is 2.61 bits per heavy atom. The van der Waals surface area contributed by atoms with Crippen molar-refractivity contribution in [1.82, 2.24) is 10.6 Å². The summed E-state index contributed by atoms with van der Waals surface area (Å²) in [6, 6.07) is 4.12. The van der Waals surface area contributed by atoms with E-state index in [1.807, 2.05) is 11.4 Å². The monoisotopic (exact) mass is 351 g/mol. The van der Waals surface area contributed by atoms with Crippen LogP contribution >= 0.6 is 11.3 Å². The lowest BCUT2D eigenvalue weighted by atomic mass is 9.91. The van der Waals surface area contributed by atoms with Gasteiger partial charge < -0.3 is 15.4 Å². The van der Waals surface area contributed by atoms with E-state index in [4.69, 9.17) is 0 Å². The molecule has 0 atom stereocenters. The Bertz CT molecular complexity index is 473. The molecular weight excluding hydrogens is 327 g/mol. The quantitative estimate of drug-likeness (QED) is 0.430. The highest BCUT2D eigenvalue weighted by molar-refractivity contribution is 7.10. The van der Waals surface area contributed by atoms with Crippen LogP contribution in [-0.2, 0) is 10.2 Å². The molecule has 0 unspecified atom stereocenters. The molecule has 0 fully saturated rings. The average Bonchev–Trinajstić information content (AvgIpc) is 2.99. The third kappa shape index (κ3) is 8.22. The number of aliphatic imine (C=N–C) groups is 1. The molecule has 0 aromatic carbocycles. The molecule has 1 aromatic rings. The van der Waals surface area contributed by atoms with Crippen molar-refractivity contribution < 1.29 is 17.9 Å². The van der Waals surface area contributed by atoms with E-state index in [2.05, 4.69) is 40.3 Å². The zero-order valence-corrected chi connectivity index (χ0v) is 14.5. The summed E-state index contributed by atoms with van der Waals surface area (Å²) in [6.45, 7) is 4.35. The number of ether oxygens (including phenoxy) is 1. The van der Waals surface area contributed by atoms with Crippen LogP contribution in [0, 0.1) is 0 Å². The van der Waals surface area contributed by atoms with Gasteiger partial charge in [0.1, 0.15) is 6.61 Å². The van der Waals surface area contributed by atoms with E-state index in [1.165, 1.54) is 4.88 Å². The molecule has 4 nitrogen and oxygen atoms in total. The molecule has 1 rings (SSSR count). The van der Waals surface area contributed by atoms with Gasteiger partial charge in [0.05, 0.1) is 0 Å². The molecule has 1 heterocycles. The van der Waals surface area contributed by atoms with E-state index in [1.54, 1.807) is 18.4 Å². The molecule has 0 aliphatic rings. The summed E-state index contributed by atoms with van der Waals surface area (Å²) < 4.78 is 40.3. The second kappa shape index (κ2) is 9.12. The minimum absolute atomic E-state index is 0.0262. The lowest BCUT2D eigenvalue weighted by molar-refractivity contribution is -0.173. The Morgan fingerprint density at radius 2 is 2.04 bits per heavy atom. The highest BCUT2D eigenvalue weighted by atomic mass is 32.1. The van der Waals surface area contributed by atoms with Gasteiger partial charge in [-0.15, -0.1) is 11.3 Å². The van der Waals surface area contributed by atoms with Crippen LogP contribution in [0.4, 0.5) is 13.2 Å². The van der Waals surface area contributed by atoms with Crippen LogP contribution in [0.2, 0.25) is 0 Å². The van der Waals surface area contributed by atoms with Gasteiger partial charge in [0.2, 0.25) is 0 Å². The van der Waals surface area contributed by atoms with Gasteiger partial charge in [-0.25, -0.2) is 0 Å². The van der Waals surface area contributed by atoms with Crippen molar-refractivity contribution in [3.63, 3.8) is 0 Å². The smallest absolute Gasteiger partial charge is 0.372 e. The summed E-state index contributed by atoms with van der Waals surface area (Å²) in [5, 5.41) is 8.35.